The van der Waals surface area contributed by atoms with Gasteiger partial charge in [-0.1, -0.05) is 0 Å². The Morgan fingerprint density at radius 3 is 3.00 bits per heavy atom. The fourth-order valence-corrected chi connectivity index (χ4v) is 4.49. The van der Waals surface area contributed by atoms with Gasteiger partial charge >= 0.3 is 0 Å². The van der Waals surface area contributed by atoms with Crippen LogP contribution in [-0.2, 0) is 14.3 Å². The molecule has 5 rings (SSSR count). The van der Waals surface area contributed by atoms with Crippen molar-refractivity contribution in [3.63, 3.8) is 0 Å². The number of hydrogen-bond donors (Lipinski definition) is 1. The Hall–Kier alpha value is -3.15. The molecule has 2 atom stereocenters. The van der Waals surface area contributed by atoms with Gasteiger partial charge in [0.05, 0.1) is 12.6 Å². The fraction of sp³-hybridized carbons (Fsp3) is 0.435. The molecule has 4 heterocycles. The Morgan fingerprint density at radius 1 is 1.35 bits per heavy atom. The van der Waals surface area contributed by atoms with E-state index < -0.39 is 29.4 Å². The minimum atomic E-state index is -0.700. The molecule has 0 aliphatic carbocycles. The maximum atomic E-state index is 14.6. The molecule has 9 nitrogen and oxygen atoms in total. The van der Waals surface area contributed by atoms with Gasteiger partial charge in [-0.25, -0.2) is 23.8 Å². The summed E-state index contributed by atoms with van der Waals surface area (Å²) < 4.78 is 41.2. The monoisotopic (exact) mass is 473 g/mol. The second-order valence-corrected chi connectivity index (χ2v) is 8.80. The van der Waals surface area contributed by atoms with Crippen LogP contribution in [0.2, 0.25) is 0 Å². The molecule has 1 N–H and O–H groups in total. The minimum absolute atomic E-state index is 0.0952. The summed E-state index contributed by atoms with van der Waals surface area (Å²) >= 11 is 0. The maximum absolute atomic E-state index is 14.6. The topological polar surface area (TPSA) is 90.2 Å². The van der Waals surface area contributed by atoms with Crippen LogP contribution >= 0.6 is 0 Å². The highest BCUT2D eigenvalue weighted by atomic mass is 19.1. The van der Waals surface area contributed by atoms with Gasteiger partial charge in [0.25, 0.3) is 5.91 Å². The molecule has 11 heteroatoms. The molecule has 0 bridgehead atoms. The molecule has 2 aliphatic heterocycles. The quantitative estimate of drug-likeness (QED) is 0.550. The van der Waals surface area contributed by atoms with E-state index in [0.717, 1.165) is 18.6 Å². The van der Waals surface area contributed by atoms with Crippen LogP contribution in [0.25, 0.3) is 5.65 Å². The third kappa shape index (κ3) is 4.33. The van der Waals surface area contributed by atoms with E-state index in [9.17, 15) is 13.6 Å². The highest BCUT2D eigenvalue weighted by molar-refractivity contribution is 6.04. The third-order valence-corrected chi connectivity index (χ3v) is 5.95. The van der Waals surface area contributed by atoms with Gasteiger partial charge in [0, 0.05) is 24.5 Å². The van der Waals surface area contributed by atoms with E-state index >= 15 is 0 Å². The lowest BCUT2D eigenvalue weighted by atomic mass is 10.0. The van der Waals surface area contributed by atoms with Crippen molar-refractivity contribution in [2.75, 3.05) is 24.7 Å². The van der Waals surface area contributed by atoms with Crippen LogP contribution in [0.1, 0.15) is 48.7 Å². The van der Waals surface area contributed by atoms with Crippen molar-refractivity contribution in [3.05, 3.63) is 59.4 Å². The lowest BCUT2D eigenvalue weighted by Gasteiger charge is -2.26. The van der Waals surface area contributed by atoms with Crippen LogP contribution in [0.4, 0.5) is 14.6 Å². The molecule has 2 fully saturated rings. The number of carbonyl (C=O) groups excluding carboxylic acids is 1. The Balaban J connectivity index is 1.42. The van der Waals surface area contributed by atoms with Gasteiger partial charge in [-0.2, -0.15) is 0 Å². The summed E-state index contributed by atoms with van der Waals surface area (Å²) in [6.45, 7) is 4.57. The van der Waals surface area contributed by atoms with Crippen LogP contribution in [-0.4, -0.2) is 52.2 Å². The summed E-state index contributed by atoms with van der Waals surface area (Å²) in [5, 5.41) is 4.55. The highest BCUT2D eigenvalue weighted by Crippen LogP contribution is 2.39. The molecule has 0 radical (unpaired) electrons. The standard InChI is InChI=1S/C23H25F2N5O4/c1-23(2)32-12-15(34-23)13-33-28-22(31)19-20-26-8-4-10-30(20)27-21(19)29-9-3-5-18(29)16-11-14(24)6-7-17(16)25/h4,6-8,10-11,15,18H,3,5,9,12-13H2,1-2H3,(H,28,31)/t15-,18+/m0/s1. The summed E-state index contributed by atoms with van der Waals surface area (Å²) in [7, 11) is 0. The zero-order valence-corrected chi connectivity index (χ0v) is 18.8. The number of nitrogens with zero attached hydrogens (tertiary/aromatic N) is 4. The molecule has 2 aromatic heterocycles. The molecule has 0 spiro atoms. The number of halogens is 2. The lowest BCUT2D eigenvalue weighted by Crippen LogP contribution is -2.32. The number of anilines is 1. The molecule has 180 valence electrons. The van der Waals surface area contributed by atoms with Gasteiger partial charge in [0.2, 0.25) is 0 Å². The number of amides is 1. The van der Waals surface area contributed by atoms with Gasteiger partial charge in [-0.3, -0.25) is 9.63 Å². The molecular formula is C23H25F2N5O4. The number of ether oxygens (including phenoxy) is 2. The largest absolute Gasteiger partial charge is 0.348 e. The second kappa shape index (κ2) is 8.90. The van der Waals surface area contributed by atoms with Crippen LogP contribution in [0.3, 0.4) is 0 Å². The Labute approximate surface area is 194 Å². The number of hydrogen-bond acceptors (Lipinski definition) is 7. The molecular weight excluding hydrogens is 448 g/mol. The van der Waals surface area contributed by atoms with E-state index in [1.165, 1.54) is 10.6 Å². The zero-order valence-electron chi connectivity index (χ0n) is 18.8. The van der Waals surface area contributed by atoms with E-state index in [2.05, 4.69) is 15.6 Å². The van der Waals surface area contributed by atoms with Gasteiger partial charge in [0.1, 0.15) is 29.9 Å². The SMILES string of the molecule is CC1(C)OC[C@@H](CONC(=O)c2c(N3CCC[C@@H]3c3cc(F)ccc3F)nn3cccnc23)O1. The number of aromatic nitrogens is 3. The molecule has 34 heavy (non-hydrogen) atoms. The molecule has 3 aromatic rings. The number of benzene rings is 1. The molecule has 1 amide bonds. The van der Waals surface area contributed by atoms with Crippen molar-refractivity contribution < 1.29 is 27.9 Å². The summed E-state index contributed by atoms with van der Waals surface area (Å²) in [6.07, 6.45) is 4.22. The van der Waals surface area contributed by atoms with E-state index in [4.69, 9.17) is 14.3 Å². The number of fused-ring (bicyclic) bond motifs is 1. The molecule has 2 aliphatic rings. The predicted molar refractivity (Wildman–Crippen MR) is 117 cm³/mol. The number of carbonyl (C=O) groups is 1. The van der Waals surface area contributed by atoms with Gasteiger partial charge in [-0.15, -0.1) is 5.10 Å². The van der Waals surface area contributed by atoms with Gasteiger partial charge < -0.3 is 14.4 Å². The molecule has 1 aromatic carbocycles. The summed E-state index contributed by atoms with van der Waals surface area (Å²) in [5.41, 5.74) is 3.18. The fourth-order valence-electron chi connectivity index (χ4n) is 4.49. The first-order valence-corrected chi connectivity index (χ1v) is 11.1. The first kappa shape index (κ1) is 22.6. The summed E-state index contributed by atoms with van der Waals surface area (Å²) in [4.78, 5) is 24.7. The first-order chi connectivity index (χ1) is 16.3. The van der Waals surface area contributed by atoms with Gasteiger partial charge in [0.15, 0.2) is 17.3 Å². The third-order valence-electron chi connectivity index (χ3n) is 5.95. The van der Waals surface area contributed by atoms with Crippen LogP contribution in [0.15, 0.2) is 36.7 Å². The minimum Gasteiger partial charge on any atom is -0.348 e. The van der Waals surface area contributed by atoms with Crippen molar-refractivity contribution in [1.29, 1.82) is 0 Å². The van der Waals surface area contributed by atoms with Crippen LogP contribution in [0.5, 0.6) is 0 Å². The van der Waals surface area contributed by atoms with E-state index in [1.807, 2.05) is 4.90 Å². The molecule has 0 saturated carbocycles. The summed E-state index contributed by atoms with van der Waals surface area (Å²) in [5.74, 6) is -1.95. The van der Waals surface area contributed by atoms with Crippen molar-refractivity contribution in [1.82, 2.24) is 20.1 Å². The smallest absolute Gasteiger partial charge is 0.282 e. The number of nitrogens with one attached hydrogen (secondary N) is 1. The Morgan fingerprint density at radius 2 is 2.21 bits per heavy atom. The van der Waals surface area contributed by atoms with Crippen molar-refractivity contribution in [3.8, 4) is 0 Å². The number of hydroxylamine groups is 1. The van der Waals surface area contributed by atoms with Crippen LogP contribution < -0.4 is 10.4 Å². The normalized spacial score (nSPS) is 21.9. The maximum Gasteiger partial charge on any atom is 0.282 e. The average molecular weight is 473 g/mol. The van der Waals surface area contributed by atoms with Crippen molar-refractivity contribution in [2.24, 2.45) is 0 Å². The van der Waals surface area contributed by atoms with E-state index in [-0.39, 0.29) is 23.8 Å². The highest BCUT2D eigenvalue weighted by Gasteiger charge is 2.36. The summed E-state index contributed by atoms with van der Waals surface area (Å²) in [6, 6.07) is 4.61. The predicted octanol–water partition coefficient (Wildman–Crippen LogP) is 3.16. The molecule has 2 saturated heterocycles. The van der Waals surface area contributed by atoms with E-state index in [0.29, 0.717) is 31.0 Å². The second-order valence-electron chi connectivity index (χ2n) is 8.80. The first-order valence-electron chi connectivity index (χ1n) is 11.1. The average Bonchev–Trinajstić information content (AvgIpc) is 3.51. The van der Waals surface area contributed by atoms with Gasteiger partial charge in [-0.05, 0) is 51.0 Å². The van der Waals surface area contributed by atoms with Crippen LogP contribution in [0, 0.1) is 11.6 Å². The number of rotatable bonds is 6. The van der Waals surface area contributed by atoms with Crippen molar-refractivity contribution in [2.45, 2.75) is 44.6 Å². The van der Waals surface area contributed by atoms with Crippen molar-refractivity contribution >= 4 is 17.4 Å². The Bertz CT molecular complexity index is 1220. The zero-order chi connectivity index (χ0) is 23.9. The van der Waals surface area contributed by atoms with E-state index in [1.54, 1.807) is 32.3 Å². The lowest BCUT2D eigenvalue weighted by molar-refractivity contribution is -0.147. The Kier molecular flexibility index (Phi) is 5.92. The molecule has 0 unspecified atom stereocenters.